The van der Waals surface area contributed by atoms with Crippen molar-refractivity contribution in [3.05, 3.63) is 53.6 Å². The van der Waals surface area contributed by atoms with E-state index in [1.165, 1.54) is 20.1 Å². The van der Waals surface area contributed by atoms with Crippen LogP contribution < -0.4 is 0 Å². The van der Waals surface area contributed by atoms with Crippen LogP contribution in [0.2, 0.25) is 0 Å². The van der Waals surface area contributed by atoms with E-state index in [-0.39, 0.29) is 44.0 Å². The number of hydrogen-bond acceptors (Lipinski definition) is 31. The Morgan fingerprint density at radius 1 is 0.509 bits per heavy atom. The number of aliphatic hydroxyl groups excluding tert-OH is 7. The van der Waals surface area contributed by atoms with Crippen LogP contribution >= 0.6 is 0 Å². The van der Waals surface area contributed by atoms with Crippen LogP contribution in [0.25, 0.3) is 6.08 Å². The van der Waals surface area contributed by atoms with Gasteiger partial charge in [-0.05, 0) is 104 Å². The van der Waals surface area contributed by atoms with Crippen LogP contribution in [-0.2, 0) is 104 Å². The van der Waals surface area contributed by atoms with Crippen LogP contribution in [-0.4, -0.2) is 314 Å². The number of ether oxygens (including phenoxy) is 20. The van der Waals surface area contributed by atoms with Crippen LogP contribution in [0.3, 0.4) is 0 Å². The smallest absolute Gasteiger partial charge is 0.331 e. The average Bonchev–Trinajstić information content (AvgIpc) is 1.39. The van der Waals surface area contributed by atoms with Gasteiger partial charge < -0.3 is 141 Å². The van der Waals surface area contributed by atoms with Crippen molar-refractivity contribution in [2.45, 2.75) is 340 Å². The average molecular weight is 1540 g/mol. The molecule has 7 aliphatic heterocycles. The van der Waals surface area contributed by atoms with E-state index in [1.807, 2.05) is 65.0 Å². The number of ketones is 1. The molecule has 3 saturated carbocycles. The van der Waals surface area contributed by atoms with E-state index in [0.717, 1.165) is 11.1 Å². The summed E-state index contributed by atoms with van der Waals surface area (Å²) in [7, 11) is 7.91. The Balaban J connectivity index is 0.599. The topological polar surface area (TPSA) is 401 Å². The van der Waals surface area contributed by atoms with Crippen molar-refractivity contribution < 1.29 is 150 Å². The molecule has 0 amide bonds. The zero-order valence-corrected chi connectivity index (χ0v) is 64.2. The summed E-state index contributed by atoms with van der Waals surface area (Å²) in [6.07, 6.45) is -20.6. The van der Waals surface area contributed by atoms with Crippen molar-refractivity contribution in [2.75, 3.05) is 48.8 Å². The molecule has 0 radical (unpaired) electrons. The molecule has 11 aliphatic rings. The van der Waals surface area contributed by atoms with Gasteiger partial charge in [0, 0.05) is 91.0 Å². The number of benzene rings is 1. The zero-order chi connectivity index (χ0) is 77.6. The second-order valence-corrected chi connectivity index (χ2v) is 32.0. The molecule has 10 fully saturated rings. The highest BCUT2D eigenvalue weighted by molar-refractivity contribution is 5.87. The third-order valence-electron chi connectivity index (χ3n) is 25.8. The van der Waals surface area contributed by atoms with Gasteiger partial charge in [-0.1, -0.05) is 55.8 Å². The summed E-state index contributed by atoms with van der Waals surface area (Å²) in [4.78, 5) is 27.1. The van der Waals surface area contributed by atoms with Crippen LogP contribution in [0.4, 0.5) is 0 Å². The molecule has 3 unspecified atom stereocenters. The monoisotopic (exact) mass is 1540 g/mol. The summed E-state index contributed by atoms with van der Waals surface area (Å²) in [5, 5.41) is 99.8. The van der Waals surface area contributed by atoms with Crippen LogP contribution in [0, 0.1) is 22.7 Å². The number of fused-ring (bicyclic) bond motifs is 5. The predicted octanol–water partition coefficient (Wildman–Crippen LogP) is 2.30. The maximum atomic E-state index is 13.7. The molecule has 7 saturated heterocycles. The van der Waals surface area contributed by atoms with Gasteiger partial charge in [0.1, 0.15) is 102 Å². The van der Waals surface area contributed by atoms with Crippen molar-refractivity contribution in [1.29, 1.82) is 0 Å². The van der Waals surface area contributed by atoms with Crippen molar-refractivity contribution in [1.82, 2.24) is 0 Å². The van der Waals surface area contributed by atoms with Gasteiger partial charge in [0.25, 0.3) is 0 Å². The minimum atomic E-state index is -1.82. The molecular weight excluding hydrogens is 1420 g/mol. The Hall–Kier alpha value is -3.28. The highest BCUT2D eigenvalue weighted by Gasteiger charge is 2.77. The summed E-state index contributed by atoms with van der Waals surface area (Å²) in [5.41, 5.74) is -3.18. The molecule has 108 heavy (non-hydrogen) atoms. The van der Waals surface area contributed by atoms with E-state index in [4.69, 9.17) is 94.7 Å². The molecule has 7 heterocycles. The number of methoxy groups -OCH3 is 5. The number of hydrogen-bond donors (Lipinski definition) is 9. The first-order chi connectivity index (χ1) is 51.5. The molecule has 4 aliphatic carbocycles. The maximum absolute atomic E-state index is 13.7. The molecule has 0 aromatic heterocycles. The maximum Gasteiger partial charge on any atom is 0.331 e. The molecule has 12 rings (SSSR count). The van der Waals surface area contributed by atoms with E-state index in [0.29, 0.717) is 44.9 Å². The Kier molecular flexibility index (Phi) is 27.3. The molecule has 612 valence electrons. The first kappa shape index (κ1) is 84.1. The predicted molar refractivity (Wildman–Crippen MR) is 374 cm³/mol. The quantitative estimate of drug-likeness (QED) is 0.0385. The lowest BCUT2D eigenvalue weighted by atomic mass is 9.43. The Morgan fingerprint density at radius 2 is 0.935 bits per heavy atom. The molecule has 38 atom stereocenters. The number of carbonyl (C=O) groups is 2. The van der Waals surface area contributed by atoms with Crippen molar-refractivity contribution >= 4 is 17.8 Å². The number of Topliss-reactive ketones (excluding diaryl/α,β-unsaturated/α-hetero) is 1. The minimum absolute atomic E-state index is 0.106. The molecule has 1 aromatic rings. The van der Waals surface area contributed by atoms with E-state index in [2.05, 4.69) is 13.0 Å². The lowest BCUT2D eigenvalue weighted by molar-refractivity contribution is -0.376. The standard InChI is InChI=1S/C77H118O31/c1-36(80)45-23-26-77(88)75(45,8)54(102-55(81)20-19-42-17-15-14-16-18-42)33-53-74(7)24-22-44(27-43(74)21-25-76(53,77)87)99-56-28-46(89-9)66(37(2)94-56)103-57-29-47(90-10)67(38(3)95-57)104-58-30-48(91-11)68(39(4)96-58)105-59-31-49(92-12)69(40(5)97-59)106-60-32-50(93-13)70(41(6)98-60)107-73-65(86)63(84)71(52(35-79)101-73)108-72-64(85)62(83)61(82)51(34-78)100-72/h14-21,37-41,44-54,56-73,78-79,82-88H,22-35H2,1-13H3/b20-19+/t37-,38-,39-,40-,41-,44+,45+,46+,47+,48-,49-,50+,51-,52-,53-,54-,56?,57?,58+,59+,60?,61-,62+,63-,64-,65-,66-,67-,68-,69-,70-,71-,72+,73+,74+,75+,76+,77-/m1/s1. The Labute approximate surface area is 631 Å². The molecule has 1 aromatic carbocycles. The molecule has 0 bridgehead atoms. The highest BCUT2D eigenvalue weighted by atomic mass is 16.8. The van der Waals surface area contributed by atoms with Gasteiger partial charge in [-0.15, -0.1) is 0 Å². The third-order valence-corrected chi connectivity index (χ3v) is 25.8. The number of rotatable bonds is 25. The van der Waals surface area contributed by atoms with Gasteiger partial charge in [-0.2, -0.15) is 0 Å². The van der Waals surface area contributed by atoms with Crippen molar-refractivity contribution in [3.8, 4) is 0 Å². The second kappa shape index (κ2) is 35.0. The molecule has 9 N–H and O–H groups in total. The first-order valence-corrected chi connectivity index (χ1v) is 38.5. The number of carbonyl (C=O) groups excluding carboxylic acids is 2. The van der Waals surface area contributed by atoms with Crippen molar-refractivity contribution in [2.24, 2.45) is 22.7 Å². The number of esters is 1. The Bertz CT molecular complexity index is 3170. The molecular formula is C77H118O31. The van der Waals surface area contributed by atoms with Crippen molar-refractivity contribution in [3.63, 3.8) is 0 Å². The fourth-order valence-corrected chi connectivity index (χ4v) is 19.8. The van der Waals surface area contributed by atoms with Gasteiger partial charge in [0.15, 0.2) is 44.0 Å². The Morgan fingerprint density at radius 3 is 1.38 bits per heavy atom. The largest absolute Gasteiger partial charge is 0.458 e. The number of aliphatic hydroxyl groups is 9. The zero-order valence-electron chi connectivity index (χ0n) is 64.2. The molecule has 0 spiro atoms. The van der Waals surface area contributed by atoms with Gasteiger partial charge >= 0.3 is 5.97 Å². The van der Waals surface area contributed by atoms with Gasteiger partial charge in [-0.25, -0.2) is 4.79 Å². The van der Waals surface area contributed by atoms with Gasteiger partial charge in [-0.3, -0.25) is 4.79 Å². The summed E-state index contributed by atoms with van der Waals surface area (Å²) in [6.45, 7) is 13.3. The lowest BCUT2D eigenvalue weighted by Crippen LogP contribution is -2.75. The van der Waals surface area contributed by atoms with Crippen LogP contribution in [0.1, 0.15) is 138 Å². The fourth-order valence-electron chi connectivity index (χ4n) is 19.8. The molecule has 31 heteroatoms. The highest BCUT2D eigenvalue weighted by Crippen LogP contribution is 2.70. The van der Waals surface area contributed by atoms with Crippen LogP contribution in [0.5, 0.6) is 0 Å². The first-order valence-electron chi connectivity index (χ1n) is 38.5. The second-order valence-electron chi connectivity index (χ2n) is 32.0. The lowest BCUT2D eigenvalue weighted by Gasteiger charge is -2.66. The summed E-state index contributed by atoms with van der Waals surface area (Å²) >= 11 is 0. The fraction of sp³-hybridized carbons (Fsp3) is 0.844. The SMILES string of the molecule is CO[C@H]1CC(O[C@H]2CC[C@@]3(C)C(=CC[C@]4(O)[C@@H]3C[C@@H](OC(=O)/C=C/c3ccccc3)[C@]3(C)[C@H](C(C)=O)CC[C@@]34O)C2)O[C@H](C)[C@H]1OC1C[C@H](OC)[C@H](O[C@H]2C[C@@H](OC)[C@H](O[C@H]3C[C@@H](OC)[C@H](OC4C[C@H](OC)[C@H](O[C@@H]5O[C@H](CO)[C@@H](O[C@@H]6O[C@H](CO)[C@@H](O)[C@H](O)[C@H]6O)[C@H](O)[C@H]5O)[C@@H](C)O4)[C@@H](C)O3)[C@@H](C)O2)[C@@H](C)O1. The van der Waals surface area contributed by atoms with E-state index < -0.39 is 244 Å². The van der Waals surface area contributed by atoms with Gasteiger partial charge in [0.05, 0.1) is 80.4 Å². The third kappa shape index (κ3) is 16.5. The van der Waals surface area contributed by atoms with E-state index in [1.54, 1.807) is 41.4 Å². The minimum Gasteiger partial charge on any atom is -0.458 e. The van der Waals surface area contributed by atoms with E-state index >= 15 is 0 Å². The normalized spacial score (nSPS) is 49.3. The summed E-state index contributed by atoms with van der Waals surface area (Å²) in [5.74, 6) is -1.78. The molecule has 31 nitrogen and oxygen atoms in total. The summed E-state index contributed by atoms with van der Waals surface area (Å²) in [6, 6.07) is 9.42. The van der Waals surface area contributed by atoms with E-state index in [9.17, 15) is 55.5 Å². The van der Waals surface area contributed by atoms with Gasteiger partial charge in [0.2, 0.25) is 0 Å². The summed E-state index contributed by atoms with van der Waals surface area (Å²) < 4.78 is 126. The van der Waals surface area contributed by atoms with Crippen LogP contribution in [0.15, 0.2) is 48.1 Å².